The predicted molar refractivity (Wildman–Crippen MR) is 138 cm³/mol. The molecule has 202 valence electrons. The molecule has 0 aliphatic carbocycles. The molecule has 0 atom stereocenters. The summed E-state index contributed by atoms with van der Waals surface area (Å²) in [5, 5.41) is 0. The lowest BCUT2D eigenvalue weighted by molar-refractivity contribution is -0.138. The van der Waals surface area contributed by atoms with Gasteiger partial charge in [-0.3, -0.25) is 13.9 Å². The molecule has 1 aromatic heterocycles. The number of hydrogen-bond donors (Lipinski definition) is 0. The second-order valence-corrected chi connectivity index (χ2v) is 9.99. The van der Waals surface area contributed by atoms with Crippen molar-refractivity contribution < 1.29 is 22.7 Å². The van der Waals surface area contributed by atoms with Gasteiger partial charge in [0.05, 0.1) is 24.4 Å². The average Bonchev–Trinajstić information content (AvgIpc) is 3.11. The van der Waals surface area contributed by atoms with Gasteiger partial charge in [0.15, 0.2) is 0 Å². The quantitative estimate of drug-likeness (QED) is 0.434. The normalized spacial score (nSPS) is 14.5. The Hall–Kier alpha value is -3.82. The van der Waals surface area contributed by atoms with Gasteiger partial charge in [0.2, 0.25) is 0 Å². The molecule has 2 aromatic carbocycles. The van der Waals surface area contributed by atoms with E-state index in [4.69, 9.17) is 4.74 Å². The summed E-state index contributed by atoms with van der Waals surface area (Å²) in [5.41, 5.74) is -0.554. The smallest absolute Gasteiger partial charge is 0.416 e. The number of fused-ring (bicyclic) bond motifs is 1. The summed E-state index contributed by atoms with van der Waals surface area (Å²) in [4.78, 5) is 41.8. The van der Waals surface area contributed by atoms with E-state index in [1.165, 1.54) is 23.6 Å². The zero-order valence-electron chi connectivity index (χ0n) is 22.0. The van der Waals surface area contributed by atoms with Crippen LogP contribution in [-0.2, 0) is 22.9 Å². The van der Waals surface area contributed by atoms with Crippen molar-refractivity contribution in [3.8, 4) is 5.69 Å². The number of carbonyl (C=O) groups is 1. The lowest BCUT2D eigenvalue weighted by Gasteiger charge is -2.20. The number of hydrogen-bond acceptors (Lipinski definition) is 5. The minimum atomic E-state index is -4.60. The zero-order valence-corrected chi connectivity index (χ0v) is 22.0. The third kappa shape index (κ3) is 4.75. The molecule has 0 radical (unpaired) electrons. The van der Waals surface area contributed by atoms with Gasteiger partial charge in [0, 0.05) is 30.4 Å². The highest BCUT2D eigenvalue weighted by atomic mass is 19.4. The number of halogens is 3. The van der Waals surface area contributed by atoms with Crippen molar-refractivity contribution in [3.05, 3.63) is 91.3 Å². The van der Waals surface area contributed by atoms with Gasteiger partial charge in [0.1, 0.15) is 5.56 Å². The summed E-state index contributed by atoms with van der Waals surface area (Å²) in [6.07, 6.45) is -3.45. The van der Waals surface area contributed by atoms with Crippen LogP contribution >= 0.6 is 0 Å². The van der Waals surface area contributed by atoms with E-state index in [0.717, 1.165) is 41.2 Å². The third-order valence-electron chi connectivity index (χ3n) is 7.04. The van der Waals surface area contributed by atoms with Crippen LogP contribution in [0.1, 0.15) is 60.3 Å². The average molecular weight is 530 g/mol. The van der Waals surface area contributed by atoms with E-state index in [2.05, 4.69) is 18.7 Å². The molecule has 38 heavy (non-hydrogen) atoms. The molecule has 0 unspecified atom stereocenters. The van der Waals surface area contributed by atoms with Crippen molar-refractivity contribution in [1.82, 2.24) is 9.13 Å². The molecular formula is C28H30F3N3O4. The van der Waals surface area contributed by atoms with Gasteiger partial charge in [-0.2, -0.15) is 13.2 Å². The van der Waals surface area contributed by atoms with E-state index in [0.29, 0.717) is 5.69 Å². The summed E-state index contributed by atoms with van der Waals surface area (Å²) in [6.45, 7) is 10.3. The summed E-state index contributed by atoms with van der Waals surface area (Å²) in [7, 11) is 0. The second kappa shape index (κ2) is 9.81. The molecule has 0 N–H and O–H groups in total. The largest absolute Gasteiger partial charge is 0.462 e. The minimum absolute atomic E-state index is 0.00350. The first kappa shape index (κ1) is 27.2. The molecule has 0 saturated heterocycles. The monoisotopic (exact) mass is 529 g/mol. The molecule has 0 fully saturated rings. The highest BCUT2D eigenvalue weighted by Crippen LogP contribution is 2.41. The van der Waals surface area contributed by atoms with Crippen molar-refractivity contribution in [1.29, 1.82) is 0 Å². The molecule has 0 spiro atoms. The molecule has 3 aromatic rings. The van der Waals surface area contributed by atoms with Crippen LogP contribution in [0, 0.1) is 6.92 Å². The Labute approximate surface area is 218 Å². The number of esters is 1. The van der Waals surface area contributed by atoms with E-state index in [9.17, 15) is 27.6 Å². The molecule has 1 aliphatic heterocycles. The maximum Gasteiger partial charge on any atom is 0.416 e. The molecule has 4 rings (SSSR count). The minimum Gasteiger partial charge on any atom is -0.462 e. The zero-order chi connectivity index (χ0) is 28.0. The lowest BCUT2D eigenvalue weighted by Crippen LogP contribution is -2.42. The first-order valence-corrected chi connectivity index (χ1v) is 12.4. The molecule has 0 saturated carbocycles. The fourth-order valence-electron chi connectivity index (χ4n) is 5.04. The number of benzene rings is 2. The van der Waals surface area contributed by atoms with Crippen LogP contribution < -0.4 is 16.1 Å². The molecule has 10 heteroatoms. The van der Waals surface area contributed by atoms with Crippen LogP contribution in [0.3, 0.4) is 0 Å². The van der Waals surface area contributed by atoms with Crippen molar-refractivity contribution in [2.45, 2.75) is 52.8 Å². The van der Waals surface area contributed by atoms with E-state index >= 15 is 0 Å². The van der Waals surface area contributed by atoms with Gasteiger partial charge >= 0.3 is 17.8 Å². The van der Waals surface area contributed by atoms with Crippen LogP contribution in [0.15, 0.2) is 52.2 Å². The summed E-state index contributed by atoms with van der Waals surface area (Å²) in [5.74, 6) is -0.918. The first-order chi connectivity index (χ1) is 17.8. The fourth-order valence-corrected chi connectivity index (χ4v) is 5.04. The fraction of sp³-hybridized carbons (Fsp3) is 0.393. The van der Waals surface area contributed by atoms with Crippen molar-refractivity contribution >= 4 is 11.7 Å². The third-order valence-corrected chi connectivity index (χ3v) is 7.04. The molecular weight excluding hydrogens is 499 g/mol. The Kier molecular flexibility index (Phi) is 7.03. The number of carbonyl (C=O) groups excluding carboxylic acids is 1. The predicted octanol–water partition coefficient (Wildman–Crippen LogP) is 4.67. The Morgan fingerprint density at radius 2 is 1.82 bits per heavy atom. The van der Waals surface area contributed by atoms with Crippen LogP contribution in [0.25, 0.3) is 5.69 Å². The number of rotatable bonds is 6. The first-order valence-electron chi connectivity index (χ1n) is 12.4. The summed E-state index contributed by atoms with van der Waals surface area (Å²) >= 11 is 0. The Balaban J connectivity index is 1.93. The highest BCUT2D eigenvalue weighted by Gasteiger charge is 2.35. The van der Waals surface area contributed by atoms with Gasteiger partial charge in [-0.1, -0.05) is 32.0 Å². The van der Waals surface area contributed by atoms with Crippen LogP contribution in [0.2, 0.25) is 0 Å². The molecule has 0 amide bonds. The van der Waals surface area contributed by atoms with Gasteiger partial charge < -0.3 is 9.64 Å². The Morgan fingerprint density at radius 1 is 1.11 bits per heavy atom. The van der Waals surface area contributed by atoms with Gasteiger partial charge in [0.25, 0.3) is 5.56 Å². The number of ether oxygens (including phenoxy) is 1. The number of aromatic nitrogens is 2. The van der Waals surface area contributed by atoms with E-state index in [1.807, 2.05) is 19.1 Å². The number of likely N-dealkylation sites (N-methyl/N-ethyl adjacent to an activating group) is 1. The molecule has 0 bridgehead atoms. The lowest BCUT2D eigenvalue weighted by atomic mass is 9.87. The topological polar surface area (TPSA) is 73.5 Å². The highest BCUT2D eigenvalue weighted by molar-refractivity contribution is 5.88. The Bertz CT molecular complexity index is 1520. The van der Waals surface area contributed by atoms with Crippen molar-refractivity contribution in [2.75, 3.05) is 24.6 Å². The Morgan fingerprint density at radius 3 is 2.45 bits per heavy atom. The van der Waals surface area contributed by atoms with E-state index < -0.39 is 35.5 Å². The number of alkyl halides is 3. The molecule has 1 aliphatic rings. The number of anilines is 1. The number of nitrogens with zero attached hydrogens (tertiary/aromatic N) is 3. The van der Waals surface area contributed by atoms with Crippen molar-refractivity contribution in [2.24, 2.45) is 0 Å². The molecule has 2 heterocycles. The SMILES string of the molecule is CCOC(=O)c1cn(-c2ccc3c(c2)N(CC)CC3(C)C)c(=O)n(Cc2cccc(C(F)(F)F)c2C)c1=O. The maximum absolute atomic E-state index is 13.6. The summed E-state index contributed by atoms with van der Waals surface area (Å²) < 4.78 is 47.5. The summed E-state index contributed by atoms with van der Waals surface area (Å²) in [6, 6.07) is 9.08. The standard InChI is InChI=1S/C28H30F3N3O4/c1-6-32-16-27(4,5)22-12-11-19(13-23(22)32)33-15-20(25(36)38-7-2)24(35)34(26(33)37)14-18-9-8-10-21(17(18)3)28(29,30)31/h8-13,15H,6-7,14,16H2,1-5H3. The van der Waals surface area contributed by atoms with Crippen LogP contribution in [0.4, 0.5) is 18.9 Å². The van der Waals surface area contributed by atoms with Gasteiger partial charge in [-0.25, -0.2) is 9.59 Å². The van der Waals surface area contributed by atoms with E-state index in [1.54, 1.807) is 13.0 Å². The maximum atomic E-state index is 13.6. The van der Waals surface area contributed by atoms with E-state index in [-0.39, 0.29) is 28.7 Å². The van der Waals surface area contributed by atoms with Gasteiger partial charge in [-0.15, -0.1) is 0 Å². The van der Waals surface area contributed by atoms with Gasteiger partial charge in [-0.05, 0) is 55.7 Å². The van der Waals surface area contributed by atoms with Crippen LogP contribution in [0.5, 0.6) is 0 Å². The molecule has 7 nitrogen and oxygen atoms in total. The van der Waals surface area contributed by atoms with Crippen molar-refractivity contribution in [3.63, 3.8) is 0 Å². The van der Waals surface area contributed by atoms with Crippen LogP contribution in [-0.4, -0.2) is 34.8 Å². The second-order valence-electron chi connectivity index (χ2n) is 9.99.